The Morgan fingerprint density at radius 3 is 2.69 bits per heavy atom. The Bertz CT molecular complexity index is 987. The number of aromatic nitrogens is 3. The number of hydrogen-bond acceptors (Lipinski definition) is 4. The van der Waals surface area contributed by atoms with Crippen LogP contribution in [0.5, 0.6) is 0 Å². The molecule has 29 heavy (non-hydrogen) atoms. The van der Waals surface area contributed by atoms with Gasteiger partial charge in [0, 0.05) is 43.7 Å². The van der Waals surface area contributed by atoms with E-state index in [1.54, 1.807) is 6.20 Å². The van der Waals surface area contributed by atoms with Crippen molar-refractivity contribution in [2.75, 3.05) is 26.7 Å². The van der Waals surface area contributed by atoms with E-state index in [1.165, 1.54) is 5.56 Å². The van der Waals surface area contributed by atoms with Crippen LogP contribution in [0.3, 0.4) is 0 Å². The highest BCUT2D eigenvalue weighted by Crippen LogP contribution is 2.40. The highest BCUT2D eigenvalue weighted by atomic mass is 16.2. The summed E-state index contributed by atoms with van der Waals surface area (Å²) >= 11 is 0. The van der Waals surface area contributed by atoms with Gasteiger partial charge in [-0.2, -0.15) is 5.10 Å². The van der Waals surface area contributed by atoms with Gasteiger partial charge in [-0.1, -0.05) is 36.4 Å². The summed E-state index contributed by atoms with van der Waals surface area (Å²) in [5.74, 6) is 0.949. The number of benzene rings is 1. The average Bonchev–Trinajstić information content (AvgIpc) is 3.40. The number of rotatable bonds is 3. The van der Waals surface area contributed by atoms with Crippen LogP contribution in [0.25, 0.3) is 11.4 Å². The fourth-order valence-electron chi connectivity index (χ4n) is 4.98. The lowest BCUT2D eigenvalue weighted by atomic mass is 9.82. The molecule has 2 fully saturated rings. The smallest absolute Gasteiger partial charge is 0.271 e. The highest BCUT2D eigenvalue weighted by Gasteiger charge is 2.44. The minimum Gasteiger partial charge on any atom is -0.337 e. The summed E-state index contributed by atoms with van der Waals surface area (Å²) in [6.07, 6.45) is 2.74. The first kappa shape index (κ1) is 18.1. The predicted molar refractivity (Wildman–Crippen MR) is 111 cm³/mol. The Morgan fingerprint density at radius 2 is 1.90 bits per heavy atom. The van der Waals surface area contributed by atoms with Crippen molar-refractivity contribution < 1.29 is 4.79 Å². The monoisotopic (exact) mass is 387 g/mol. The molecule has 0 aliphatic carbocycles. The van der Waals surface area contributed by atoms with Crippen LogP contribution >= 0.6 is 0 Å². The summed E-state index contributed by atoms with van der Waals surface area (Å²) in [5, 5.41) is 7.22. The van der Waals surface area contributed by atoms with E-state index in [2.05, 4.69) is 57.5 Å². The Kier molecular flexibility index (Phi) is 4.64. The van der Waals surface area contributed by atoms with E-state index < -0.39 is 0 Å². The van der Waals surface area contributed by atoms with Crippen molar-refractivity contribution in [3.8, 4) is 11.4 Å². The molecule has 6 heteroatoms. The number of carbonyl (C=O) groups excluding carboxylic acids is 1. The molecule has 0 bridgehead atoms. The van der Waals surface area contributed by atoms with Crippen LogP contribution in [0.1, 0.15) is 28.4 Å². The van der Waals surface area contributed by atoms with Crippen LogP contribution in [-0.2, 0) is 0 Å². The lowest BCUT2D eigenvalue weighted by Gasteiger charge is -2.38. The van der Waals surface area contributed by atoms with Gasteiger partial charge in [-0.25, -0.2) is 0 Å². The molecule has 2 aliphatic heterocycles. The zero-order valence-electron chi connectivity index (χ0n) is 16.5. The van der Waals surface area contributed by atoms with E-state index in [9.17, 15) is 4.79 Å². The second-order valence-electron chi connectivity index (χ2n) is 8.11. The van der Waals surface area contributed by atoms with E-state index in [1.807, 2.05) is 29.2 Å². The first-order chi connectivity index (χ1) is 14.2. The van der Waals surface area contributed by atoms with Gasteiger partial charge in [-0.15, -0.1) is 0 Å². The van der Waals surface area contributed by atoms with Gasteiger partial charge in [-0.05, 0) is 37.2 Å². The number of amides is 1. The van der Waals surface area contributed by atoms with Gasteiger partial charge in [0.2, 0.25) is 0 Å². The number of likely N-dealkylation sites (tertiary alicyclic amines) is 2. The number of hydrogen-bond donors (Lipinski definition) is 1. The molecule has 6 nitrogen and oxygen atoms in total. The SMILES string of the molecule is CN1C[C@H](c2ccccc2)[C@H]2CN(C(=O)c3cc(-c4ccccn4)n[nH]3)CC[C@H]21. The minimum absolute atomic E-state index is 0.0273. The molecule has 4 heterocycles. The molecule has 1 N–H and O–H groups in total. The van der Waals surface area contributed by atoms with Gasteiger partial charge in [0.25, 0.3) is 5.91 Å². The summed E-state index contributed by atoms with van der Waals surface area (Å²) in [4.78, 5) is 22.0. The van der Waals surface area contributed by atoms with Crippen molar-refractivity contribution in [3.05, 3.63) is 72.1 Å². The summed E-state index contributed by atoms with van der Waals surface area (Å²) in [7, 11) is 2.21. The number of nitrogens with one attached hydrogen (secondary N) is 1. The maximum atomic E-state index is 13.2. The maximum Gasteiger partial charge on any atom is 0.271 e. The van der Waals surface area contributed by atoms with E-state index >= 15 is 0 Å². The molecule has 148 valence electrons. The average molecular weight is 387 g/mol. The van der Waals surface area contributed by atoms with E-state index in [0.29, 0.717) is 29.3 Å². The number of carbonyl (C=O) groups is 1. The third kappa shape index (κ3) is 3.34. The summed E-state index contributed by atoms with van der Waals surface area (Å²) in [6, 6.07) is 18.8. The molecule has 2 aromatic heterocycles. The first-order valence-corrected chi connectivity index (χ1v) is 10.2. The fourth-order valence-corrected chi connectivity index (χ4v) is 4.98. The maximum absolute atomic E-state index is 13.2. The first-order valence-electron chi connectivity index (χ1n) is 10.2. The van der Waals surface area contributed by atoms with Gasteiger partial charge >= 0.3 is 0 Å². The van der Waals surface area contributed by atoms with Crippen LogP contribution in [-0.4, -0.2) is 63.6 Å². The van der Waals surface area contributed by atoms with Crippen molar-refractivity contribution >= 4 is 5.91 Å². The van der Waals surface area contributed by atoms with Gasteiger partial charge in [-0.3, -0.25) is 14.9 Å². The van der Waals surface area contributed by atoms with Crippen molar-refractivity contribution in [2.45, 2.75) is 18.4 Å². The van der Waals surface area contributed by atoms with Crippen molar-refractivity contribution in [1.29, 1.82) is 0 Å². The zero-order valence-corrected chi connectivity index (χ0v) is 16.5. The van der Waals surface area contributed by atoms with E-state index in [0.717, 1.165) is 31.7 Å². The molecular formula is C23H25N5O. The second kappa shape index (κ2) is 7.44. The standard InChI is InChI=1S/C23H25N5O/c1-27-14-17(16-7-3-2-4-8-16)18-15-28(12-10-22(18)27)23(29)21-13-20(25-26-21)19-9-5-6-11-24-19/h2-9,11,13,17-18,22H,10,12,14-15H2,1H3,(H,25,26)/t17-,18-,22-/m1/s1. The van der Waals surface area contributed by atoms with Gasteiger partial charge in [0.1, 0.15) is 11.4 Å². The minimum atomic E-state index is 0.0273. The lowest BCUT2D eigenvalue weighted by Crippen LogP contribution is -2.48. The Hall–Kier alpha value is -2.99. The number of H-pyrrole nitrogens is 1. The molecular weight excluding hydrogens is 362 g/mol. The number of likely N-dealkylation sites (N-methyl/N-ethyl adjacent to an activating group) is 1. The van der Waals surface area contributed by atoms with Crippen molar-refractivity contribution in [1.82, 2.24) is 25.0 Å². The Balaban J connectivity index is 1.35. The molecule has 0 saturated carbocycles. The van der Waals surface area contributed by atoms with Crippen LogP contribution in [0.2, 0.25) is 0 Å². The van der Waals surface area contributed by atoms with E-state index in [-0.39, 0.29) is 5.91 Å². The topological polar surface area (TPSA) is 65.1 Å². The molecule has 1 amide bonds. The lowest BCUT2D eigenvalue weighted by molar-refractivity contribution is 0.0602. The van der Waals surface area contributed by atoms with Gasteiger partial charge in [0.05, 0.1) is 5.69 Å². The Labute approximate surface area is 170 Å². The summed E-state index contributed by atoms with van der Waals surface area (Å²) in [5.41, 5.74) is 3.38. The van der Waals surface area contributed by atoms with Gasteiger partial charge in [0.15, 0.2) is 0 Å². The largest absolute Gasteiger partial charge is 0.337 e. The molecule has 3 atom stereocenters. The highest BCUT2D eigenvalue weighted by molar-refractivity contribution is 5.93. The van der Waals surface area contributed by atoms with Crippen LogP contribution in [0, 0.1) is 5.92 Å². The fraction of sp³-hybridized carbons (Fsp3) is 0.348. The van der Waals surface area contributed by atoms with Crippen LogP contribution in [0.15, 0.2) is 60.8 Å². The molecule has 0 unspecified atom stereocenters. The number of pyridine rings is 1. The molecule has 3 aromatic rings. The molecule has 0 spiro atoms. The number of aromatic amines is 1. The molecule has 1 aromatic carbocycles. The summed E-state index contributed by atoms with van der Waals surface area (Å²) in [6.45, 7) is 2.62. The quantitative estimate of drug-likeness (QED) is 0.750. The van der Waals surface area contributed by atoms with Crippen LogP contribution < -0.4 is 0 Å². The Morgan fingerprint density at radius 1 is 1.07 bits per heavy atom. The van der Waals surface area contributed by atoms with Crippen molar-refractivity contribution in [3.63, 3.8) is 0 Å². The molecule has 2 saturated heterocycles. The number of piperidine rings is 1. The van der Waals surface area contributed by atoms with Gasteiger partial charge < -0.3 is 9.80 Å². The molecule has 2 aliphatic rings. The predicted octanol–water partition coefficient (Wildman–Crippen LogP) is 3.03. The zero-order chi connectivity index (χ0) is 19.8. The second-order valence-corrected chi connectivity index (χ2v) is 8.11. The molecule has 5 rings (SSSR count). The third-order valence-corrected chi connectivity index (χ3v) is 6.44. The third-order valence-electron chi connectivity index (χ3n) is 6.44. The molecule has 0 radical (unpaired) electrons. The summed E-state index contributed by atoms with van der Waals surface area (Å²) < 4.78 is 0. The van der Waals surface area contributed by atoms with Crippen LogP contribution in [0.4, 0.5) is 0 Å². The van der Waals surface area contributed by atoms with E-state index in [4.69, 9.17) is 0 Å². The number of nitrogens with zero attached hydrogens (tertiary/aromatic N) is 4. The normalized spacial score (nSPS) is 24.4. The van der Waals surface area contributed by atoms with Crippen molar-refractivity contribution in [2.24, 2.45) is 5.92 Å². The number of fused-ring (bicyclic) bond motifs is 1.